The van der Waals surface area contributed by atoms with E-state index in [1.807, 2.05) is 0 Å². The molecule has 1 heterocycles. The van der Waals surface area contributed by atoms with E-state index in [4.69, 9.17) is 4.74 Å². The van der Waals surface area contributed by atoms with Crippen molar-refractivity contribution in [1.29, 1.82) is 0 Å². The predicted octanol–water partition coefficient (Wildman–Crippen LogP) is 1.36. The first-order chi connectivity index (χ1) is 7.64. The number of ether oxygens (including phenoxy) is 1. The first-order valence-corrected chi connectivity index (χ1v) is 6.12. The molecule has 17 heavy (non-hydrogen) atoms. The van der Waals surface area contributed by atoms with Crippen molar-refractivity contribution in [3.8, 4) is 0 Å². The van der Waals surface area contributed by atoms with Crippen molar-refractivity contribution in [2.75, 3.05) is 7.11 Å². The highest BCUT2D eigenvalue weighted by molar-refractivity contribution is 5.04. The fourth-order valence-corrected chi connectivity index (χ4v) is 2.59. The number of methoxy groups -OCH3 is 1. The molecular formula is C13H26N2O2. The maximum Gasteiger partial charge on any atom is 0.245 e. The smallest absolute Gasteiger partial charge is 0.245 e. The molecule has 1 saturated heterocycles. The number of hydrogen-bond acceptors (Lipinski definition) is 4. The number of rotatable bonds is 4. The number of nitrogens with one attached hydrogen (secondary N) is 2. The summed E-state index contributed by atoms with van der Waals surface area (Å²) in [6.07, 6.45) is 3.40. The van der Waals surface area contributed by atoms with Gasteiger partial charge in [0.1, 0.15) is 0 Å². The summed E-state index contributed by atoms with van der Waals surface area (Å²) in [4.78, 5) is 0. The molecule has 1 aliphatic rings. The second-order valence-corrected chi connectivity index (χ2v) is 6.07. The Morgan fingerprint density at radius 3 is 2.47 bits per heavy atom. The lowest BCUT2D eigenvalue weighted by Gasteiger charge is -2.49. The van der Waals surface area contributed by atoms with Gasteiger partial charge in [-0.3, -0.25) is 5.32 Å². The Balaban J connectivity index is 2.76. The van der Waals surface area contributed by atoms with Gasteiger partial charge in [0.2, 0.25) is 5.91 Å². The van der Waals surface area contributed by atoms with Crippen molar-refractivity contribution in [2.45, 2.75) is 63.6 Å². The monoisotopic (exact) mass is 242 g/mol. The summed E-state index contributed by atoms with van der Waals surface area (Å²) < 4.78 is 5.03. The van der Waals surface area contributed by atoms with Gasteiger partial charge in [-0.15, -0.1) is 0 Å². The van der Waals surface area contributed by atoms with Crippen LogP contribution >= 0.6 is 0 Å². The van der Waals surface area contributed by atoms with Crippen LogP contribution < -0.4 is 10.6 Å². The molecule has 1 rings (SSSR count). The largest absolute Gasteiger partial charge is 0.350 e. The van der Waals surface area contributed by atoms with E-state index in [-0.39, 0.29) is 17.1 Å². The van der Waals surface area contributed by atoms with Crippen LogP contribution in [-0.4, -0.2) is 35.2 Å². The number of aliphatic hydroxyl groups is 1. The summed E-state index contributed by atoms with van der Waals surface area (Å²) in [6.45, 7) is 12.2. The molecule has 1 aliphatic heterocycles. The van der Waals surface area contributed by atoms with Gasteiger partial charge in [-0.05, 0) is 46.6 Å². The minimum absolute atomic E-state index is 0.114. The molecular weight excluding hydrogens is 216 g/mol. The van der Waals surface area contributed by atoms with Crippen LogP contribution in [0, 0.1) is 0 Å². The highest BCUT2D eigenvalue weighted by atomic mass is 16.6. The summed E-state index contributed by atoms with van der Waals surface area (Å²) in [5, 5.41) is 16.8. The summed E-state index contributed by atoms with van der Waals surface area (Å²) in [5.74, 6) is -1.45. The Kier molecular flexibility index (Phi) is 4.04. The van der Waals surface area contributed by atoms with Crippen LogP contribution in [0.3, 0.4) is 0 Å². The van der Waals surface area contributed by atoms with Crippen molar-refractivity contribution >= 4 is 0 Å². The Hall–Kier alpha value is -0.420. The van der Waals surface area contributed by atoms with Crippen molar-refractivity contribution in [3.05, 3.63) is 12.7 Å². The molecule has 0 aromatic carbocycles. The van der Waals surface area contributed by atoms with Crippen LogP contribution in [0.1, 0.15) is 40.5 Å². The first-order valence-electron chi connectivity index (χ1n) is 6.12. The predicted molar refractivity (Wildman–Crippen MR) is 69.6 cm³/mol. The second-order valence-electron chi connectivity index (χ2n) is 6.07. The zero-order valence-corrected chi connectivity index (χ0v) is 11.6. The van der Waals surface area contributed by atoms with E-state index in [1.54, 1.807) is 0 Å². The molecule has 1 fully saturated rings. The molecule has 0 amide bonds. The van der Waals surface area contributed by atoms with Crippen LogP contribution in [0.15, 0.2) is 12.7 Å². The van der Waals surface area contributed by atoms with Crippen LogP contribution in [0.25, 0.3) is 0 Å². The summed E-state index contributed by atoms with van der Waals surface area (Å²) in [7, 11) is 1.46. The van der Waals surface area contributed by atoms with Crippen LogP contribution in [0.2, 0.25) is 0 Å². The van der Waals surface area contributed by atoms with E-state index >= 15 is 0 Å². The highest BCUT2D eigenvalue weighted by Gasteiger charge is 2.42. The minimum atomic E-state index is -1.45. The van der Waals surface area contributed by atoms with Crippen molar-refractivity contribution in [3.63, 3.8) is 0 Å². The molecule has 0 spiro atoms. The fourth-order valence-electron chi connectivity index (χ4n) is 2.59. The van der Waals surface area contributed by atoms with Gasteiger partial charge in [0, 0.05) is 24.2 Å². The summed E-state index contributed by atoms with van der Waals surface area (Å²) >= 11 is 0. The zero-order chi connectivity index (χ0) is 13.3. The van der Waals surface area contributed by atoms with Gasteiger partial charge < -0.3 is 15.2 Å². The van der Waals surface area contributed by atoms with Gasteiger partial charge in [-0.2, -0.15) is 0 Å². The van der Waals surface area contributed by atoms with Crippen LogP contribution in [0.5, 0.6) is 0 Å². The van der Waals surface area contributed by atoms with E-state index in [0.29, 0.717) is 0 Å². The molecule has 0 aliphatic carbocycles. The molecule has 4 nitrogen and oxygen atoms in total. The summed E-state index contributed by atoms with van der Waals surface area (Å²) in [6, 6.07) is 0.124. The number of hydrogen-bond donors (Lipinski definition) is 3. The van der Waals surface area contributed by atoms with Crippen LogP contribution in [-0.2, 0) is 4.74 Å². The molecule has 0 saturated carbocycles. The maximum absolute atomic E-state index is 10.1. The van der Waals surface area contributed by atoms with Gasteiger partial charge in [-0.25, -0.2) is 0 Å². The van der Waals surface area contributed by atoms with Gasteiger partial charge >= 0.3 is 0 Å². The van der Waals surface area contributed by atoms with Gasteiger partial charge in [-0.1, -0.05) is 6.58 Å². The Bertz CT molecular complexity index is 289. The SMILES string of the molecule is C=C[C@@](O)(N[C@@H]1CCC(C)(C)NC1(C)C)OC. The standard InChI is InChI=1S/C13H26N2O2/c1-7-13(16,17-6)14-10-8-9-11(2,3)15-12(10,4)5/h7,10,14-16H,1,8-9H2,2-6H3/t10-,13+/m1/s1. The molecule has 4 heteroatoms. The Morgan fingerprint density at radius 2 is 2.06 bits per heavy atom. The first kappa shape index (κ1) is 14.6. The third kappa shape index (κ3) is 3.52. The second kappa shape index (κ2) is 4.69. The van der Waals surface area contributed by atoms with Gasteiger partial charge in [0.25, 0.3) is 0 Å². The number of piperidine rings is 1. The minimum Gasteiger partial charge on any atom is -0.350 e. The maximum atomic E-state index is 10.1. The molecule has 0 radical (unpaired) electrons. The molecule has 3 N–H and O–H groups in total. The third-order valence-corrected chi connectivity index (χ3v) is 3.56. The van der Waals surface area contributed by atoms with Gasteiger partial charge in [0.05, 0.1) is 0 Å². The molecule has 0 aromatic heterocycles. The van der Waals surface area contributed by atoms with E-state index < -0.39 is 5.91 Å². The van der Waals surface area contributed by atoms with E-state index in [0.717, 1.165) is 12.8 Å². The molecule has 0 unspecified atom stereocenters. The van der Waals surface area contributed by atoms with E-state index in [2.05, 4.69) is 44.9 Å². The average molecular weight is 242 g/mol. The lowest BCUT2D eigenvalue weighted by molar-refractivity contribution is -0.181. The van der Waals surface area contributed by atoms with E-state index in [1.165, 1.54) is 13.2 Å². The molecule has 0 bridgehead atoms. The van der Waals surface area contributed by atoms with Crippen LogP contribution in [0.4, 0.5) is 0 Å². The molecule has 100 valence electrons. The lowest BCUT2D eigenvalue weighted by Crippen LogP contribution is -2.69. The highest BCUT2D eigenvalue weighted by Crippen LogP contribution is 2.29. The quantitative estimate of drug-likeness (QED) is 0.515. The molecule has 0 aromatic rings. The Labute approximate surface area is 104 Å². The Morgan fingerprint density at radius 1 is 1.47 bits per heavy atom. The van der Waals surface area contributed by atoms with E-state index in [9.17, 15) is 5.11 Å². The van der Waals surface area contributed by atoms with Crippen molar-refractivity contribution in [2.24, 2.45) is 0 Å². The average Bonchev–Trinajstić information content (AvgIpc) is 2.20. The van der Waals surface area contributed by atoms with Crippen molar-refractivity contribution in [1.82, 2.24) is 10.6 Å². The van der Waals surface area contributed by atoms with Gasteiger partial charge in [0.15, 0.2) is 0 Å². The normalized spacial score (nSPS) is 30.6. The summed E-state index contributed by atoms with van der Waals surface area (Å²) in [5.41, 5.74) is 0.0122. The molecule has 2 atom stereocenters. The fraction of sp³-hybridized carbons (Fsp3) is 0.846. The third-order valence-electron chi connectivity index (χ3n) is 3.56. The zero-order valence-electron chi connectivity index (χ0n) is 11.6. The van der Waals surface area contributed by atoms with Crippen molar-refractivity contribution < 1.29 is 9.84 Å². The lowest BCUT2D eigenvalue weighted by atomic mass is 9.79. The topological polar surface area (TPSA) is 53.5 Å².